The summed E-state index contributed by atoms with van der Waals surface area (Å²) >= 11 is 1.37. The number of carbonyl (C=O) groups is 1. The molecular weight excluding hydrogens is 422 g/mol. The zero-order chi connectivity index (χ0) is 20.9. The van der Waals surface area contributed by atoms with Gasteiger partial charge in [-0.3, -0.25) is 9.36 Å². The molecule has 0 radical (unpaired) electrons. The number of hydrogen-bond donors (Lipinski definition) is 2. The molecule has 0 unspecified atom stereocenters. The number of amides is 1. The lowest BCUT2D eigenvalue weighted by molar-refractivity contribution is -0.120. The van der Waals surface area contributed by atoms with Gasteiger partial charge in [-0.1, -0.05) is 30.0 Å². The average Bonchev–Trinajstić information content (AvgIpc) is 3.17. The fraction of sp³-hybridized carbons (Fsp3) is 0.450. The molecule has 2 aliphatic rings. The Labute approximate surface area is 178 Å². The Morgan fingerprint density at radius 3 is 2.80 bits per heavy atom. The van der Waals surface area contributed by atoms with Crippen LogP contribution in [0.4, 0.5) is 0 Å². The number of rotatable bonds is 6. The Morgan fingerprint density at radius 2 is 2.07 bits per heavy atom. The van der Waals surface area contributed by atoms with Crippen LogP contribution in [0.25, 0.3) is 22.3 Å². The van der Waals surface area contributed by atoms with Crippen molar-refractivity contribution < 1.29 is 13.2 Å². The number of thioether (sulfide) groups is 1. The molecular formula is C20H23N5O3S2. The molecule has 2 N–H and O–H groups in total. The average molecular weight is 446 g/mol. The highest BCUT2D eigenvalue weighted by Gasteiger charge is 2.33. The molecule has 1 aliphatic heterocycles. The van der Waals surface area contributed by atoms with Crippen LogP contribution in [-0.2, 0) is 14.6 Å². The van der Waals surface area contributed by atoms with Gasteiger partial charge < -0.3 is 10.3 Å². The van der Waals surface area contributed by atoms with Gasteiger partial charge in [0.2, 0.25) is 5.91 Å². The number of sulfone groups is 1. The Balaban J connectivity index is 1.37. The second-order valence-corrected chi connectivity index (χ2v) is 11.6. The predicted molar refractivity (Wildman–Crippen MR) is 116 cm³/mol. The molecule has 5 rings (SSSR count). The van der Waals surface area contributed by atoms with Crippen molar-refractivity contribution in [3.8, 4) is 11.4 Å². The summed E-state index contributed by atoms with van der Waals surface area (Å²) in [5, 5.41) is 13.2. The van der Waals surface area contributed by atoms with Crippen molar-refractivity contribution in [2.24, 2.45) is 0 Å². The quantitative estimate of drug-likeness (QED) is 0.564. The minimum atomic E-state index is -3.03. The lowest BCUT2D eigenvalue weighted by atomic mass is 10.1. The largest absolute Gasteiger partial charge is 0.360 e. The van der Waals surface area contributed by atoms with Crippen LogP contribution in [0.15, 0.2) is 35.6 Å². The molecule has 2 aromatic heterocycles. The second-order valence-electron chi connectivity index (χ2n) is 8.02. The molecule has 2 fully saturated rings. The second kappa shape index (κ2) is 7.42. The van der Waals surface area contributed by atoms with E-state index in [9.17, 15) is 13.2 Å². The maximum atomic E-state index is 12.6. The highest BCUT2D eigenvalue weighted by Crippen LogP contribution is 2.42. The topological polar surface area (TPSA) is 110 Å². The number of aromatic nitrogens is 4. The van der Waals surface area contributed by atoms with Crippen molar-refractivity contribution in [1.82, 2.24) is 25.1 Å². The van der Waals surface area contributed by atoms with Crippen LogP contribution in [0.3, 0.4) is 0 Å². The third-order valence-corrected chi connectivity index (χ3v) is 8.46. The summed E-state index contributed by atoms with van der Waals surface area (Å²) in [4.78, 5) is 15.9. The van der Waals surface area contributed by atoms with Crippen molar-refractivity contribution in [1.29, 1.82) is 0 Å². The van der Waals surface area contributed by atoms with Crippen molar-refractivity contribution >= 4 is 38.4 Å². The normalized spacial score (nSPS) is 21.7. The molecule has 0 spiro atoms. The van der Waals surface area contributed by atoms with E-state index in [-0.39, 0.29) is 23.5 Å². The van der Waals surface area contributed by atoms with E-state index in [0.29, 0.717) is 12.5 Å². The molecule has 2 atom stereocenters. The summed E-state index contributed by atoms with van der Waals surface area (Å²) < 4.78 is 25.4. The molecule has 8 nitrogen and oxygen atoms in total. The first-order valence-electron chi connectivity index (χ1n) is 10.1. The number of fused-ring (bicyclic) bond motifs is 1. The highest BCUT2D eigenvalue weighted by atomic mass is 32.2. The van der Waals surface area contributed by atoms with Gasteiger partial charge in [-0.15, -0.1) is 10.2 Å². The zero-order valence-corrected chi connectivity index (χ0v) is 18.2. The summed E-state index contributed by atoms with van der Waals surface area (Å²) in [5.41, 5.74) is 2.05. The van der Waals surface area contributed by atoms with Crippen LogP contribution < -0.4 is 5.32 Å². The first-order valence-corrected chi connectivity index (χ1v) is 12.8. The Bertz CT molecular complexity index is 1210. The standard InChI is InChI=1S/C20H23N5O3S2/c1-12(19(26)22-13-8-9-30(27,28)11-13)29-20-24-23-18(25(20)14-6-7-14)16-10-21-17-5-3-2-4-15(16)17/h2-5,10,12-14,21H,6-9,11H2,1H3,(H,22,26)/t12-,13+/m0/s1. The van der Waals surface area contributed by atoms with Crippen molar-refractivity contribution in [2.75, 3.05) is 11.5 Å². The van der Waals surface area contributed by atoms with Gasteiger partial charge >= 0.3 is 0 Å². The van der Waals surface area contributed by atoms with Gasteiger partial charge in [0.15, 0.2) is 20.8 Å². The van der Waals surface area contributed by atoms with E-state index in [0.717, 1.165) is 40.3 Å². The smallest absolute Gasteiger partial charge is 0.233 e. The van der Waals surface area contributed by atoms with Gasteiger partial charge in [0, 0.05) is 34.7 Å². The first-order chi connectivity index (χ1) is 14.4. The molecule has 1 amide bonds. The maximum absolute atomic E-state index is 12.6. The van der Waals surface area contributed by atoms with Crippen LogP contribution >= 0.6 is 11.8 Å². The van der Waals surface area contributed by atoms with Gasteiger partial charge in [-0.25, -0.2) is 8.42 Å². The van der Waals surface area contributed by atoms with Gasteiger partial charge in [0.25, 0.3) is 0 Å². The van der Waals surface area contributed by atoms with Gasteiger partial charge in [0.1, 0.15) is 0 Å². The molecule has 1 aliphatic carbocycles. The summed E-state index contributed by atoms with van der Waals surface area (Å²) in [6, 6.07) is 8.14. The molecule has 1 aromatic carbocycles. The first kappa shape index (κ1) is 19.6. The van der Waals surface area contributed by atoms with E-state index in [1.54, 1.807) is 0 Å². The number of hydrogen-bond acceptors (Lipinski definition) is 6. The molecule has 0 bridgehead atoms. The van der Waals surface area contributed by atoms with E-state index in [1.807, 2.05) is 31.3 Å². The molecule has 30 heavy (non-hydrogen) atoms. The fourth-order valence-electron chi connectivity index (χ4n) is 3.90. The van der Waals surface area contributed by atoms with Crippen molar-refractivity contribution in [3.05, 3.63) is 30.5 Å². The van der Waals surface area contributed by atoms with Crippen molar-refractivity contribution in [3.63, 3.8) is 0 Å². The monoisotopic (exact) mass is 445 g/mol. The number of nitrogens with zero attached hydrogens (tertiary/aromatic N) is 3. The van der Waals surface area contributed by atoms with E-state index >= 15 is 0 Å². The third kappa shape index (κ3) is 3.74. The van der Waals surface area contributed by atoms with E-state index in [2.05, 4.69) is 31.1 Å². The zero-order valence-electron chi connectivity index (χ0n) is 16.5. The van der Waals surface area contributed by atoms with E-state index < -0.39 is 15.1 Å². The van der Waals surface area contributed by atoms with Gasteiger partial charge in [-0.2, -0.15) is 0 Å². The Kier molecular flexibility index (Phi) is 4.85. The molecule has 158 valence electrons. The SMILES string of the molecule is C[C@H](Sc1nnc(-c2c[nH]c3ccccc23)n1C1CC1)C(=O)N[C@@H]1CCS(=O)(=O)C1. The van der Waals surface area contributed by atoms with Gasteiger partial charge in [0.05, 0.1) is 16.8 Å². The lowest BCUT2D eigenvalue weighted by Gasteiger charge is -2.16. The number of aromatic amines is 1. The number of para-hydroxylation sites is 1. The van der Waals surface area contributed by atoms with Crippen LogP contribution in [0.5, 0.6) is 0 Å². The molecule has 3 heterocycles. The van der Waals surface area contributed by atoms with Crippen LogP contribution in [0, 0.1) is 0 Å². The van der Waals surface area contributed by atoms with Crippen LogP contribution in [0.2, 0.25) is 0 Å². The predicted octanol–water partition coefficient (Wildman–Crippen LogP) is 2.55. The van der Waals surface area contributed by atoms with Crippen LogP contribution in [-0.4, -0.2) is 56.9 Å². The molecule has 10 heteroatoms. The number of carbonyl (C=O) groups excluding carboxylic acids is 1. The van der Waals surface area contributed by atoms with Crippen LogP contribution in [0.1, 0.15) is 32.2 Å². The summed E-state index contributed by atoms with van der Waals surface area (Å²) in [6.45, 7) is 1.82. The summed E-state index contributed by atoms with van der Waals surface area (Å²) in [7, 11) is -3.03. The highest BCUT2D eigenvalue weighted by molar-refractivity contribution is 8.00. The molecule has 1 saturated heterocycles. The lowest BCUT2D eigenvalue weighted by Crippen LogP contribution is -2.40. The number of benzene rings is 1. The van der Waals surface area contributed by atoms with E-state index in [4.69, 9.17) is 0 Å². The summed E-state index contributed by atoms with van der Waals surface area (Å²) in [5.74, 6) is 0.816. The third-order valence-electron chi connectivity index (χ3n) is 5.64. The van der Waals surface area contributed by atoms with E-state index in [1.165, 1.54) is 11.8 Å². The minimum Gasteiger partial charge on any atom is -0.360 e. The minimum absolute atomic E-state index is 0.0269. The maximum Gasteiger partial charge on any atom is 0.233 e. The Hall–Kier alpha value is -2.33. The summed E-state index contributed by atoms with van der Waals surface area (Å²) in [6.07, 6.45) is 4.58. The molecule has 1 saturated carbocycles. The number of H-pyrrole nitrogens is 1. The fourth-order valence-corrected chi connectivity index (χ4v) is 6.50. The van der Waals surface area contributed by atoms with Gasteiger partial charge in [-0.05, 0) is 32.3 Å². The van der Waals surface area contributed by atoms with Crippen molar-refractivity contribution in [2.45, 2.75) is 48.7 Å². The Morgan fingerprint density at radius 1 is 1.27 bits per heavy atom. The number of nitrogens with one attached hydrogen (secondary N) is 2. The molecule has 3 aromatic rings.